The van der Waals surface area contributed by atoms with E-state index in [0.29, 0.717) is 5.92 Å². The van der Waals surface area contributed by atoms with Gasteiger partial charge in [0.2, 0.25) is 0 Å². The molecule has 1 heteroatoms. The Morgan fingerprint density at radius 3 is 2.63 bits per heavy atom. The van der Waals surface area contributed by atoms with E-state index in [1.165, 1.54) is 37.7 Å². The van der Waals surface area contributed by atoms with Gasteiger partial charge in [0, 0.05) is 0 Å². The molecule has 0 saturated heterocycles. The maximum absolute atomic E-state index is 10.3. The van der Waals surface area contributed by atoms with Crippen LogP contribution in [0.3, 0.4) is 0 Å². The Morgan fingerprint density at radius 2 is 1.95 bits per heavy atom. The van der Waals surface area contributed by atoms with Gasteiger partial charge in [-0.05, 0) is 42.2 Å². The van der Waals surface area contributed by atoms with Crippen molar-refractivity contribution < 1.29 is 5.11 Å². The SMILES string of the molecule is CC(C)Cc1cccc(C(O)CCC2CCCC2)c1. The van der Waals surface area contributed by atoms with Gasteiger partial charge in [-0.15, -0.1) is 0 Å². The quantitative estimate of drug-likeness (QED) is 0.772. The highest BCUT2D eigenvalue weighted by atomic mass is 16.3. The summed E-state index contributed by atoms with van der Waals surface area (Å²) in [6.07, 6.45) is 8.48. The Morgan fingerprint density at radius 1 is 1.21 bits per heavy atom. The first-order valence-electron chi connectivity index (χ1n) is 7.92. The van der Waals surface area contributed by atoms with Crippen LogP contribution in [-0.2, 0) is 6.42 Å². The van der Waals surface area contributed by atoms with Crippen LogP contribution in [0, 0.1) is 11.8 Å². The molecule has 1 nitrogen and oxygen atoms in total. The standard InChI is InChI=1S/C18H28O/c1-14(2)12-16-8-5-9-17(13-16)18(19)11-10-15-6-3-4-7-15/h5,8-9,13-15,18-19H,3-4,6-7,10-12H2,1-2H3. The summed E-state index contributed by atoms with van der Waals surface area (Å²) >= 11 is 0. The second kappa shape index (κ2) is 7.09. The highest BCUT2D eigenvalue weighted by Crippen LogP contribution is 2.31. The monoisotopic (exact) mass is 260 g/mol. The molecule has 1 aromatic rings. The van der Waals surface area contributed by atoms with Gasteiger partial charge in [0.15, 0.2) is 0 Å². The second-order valence-corrected chi connectivity index (χ2v) is 6.59. The highest BCUT2D eigenvalue weighted by molar-refractivity contribution is 5.25. The molecule has 1 aromatic carbocycles. The third-order valence-electron chi connectivity index (χ3n) is 4.30. The van der Waals surface area contributed by atoms with Crippen molar-refractivity contribution in [3.8, 4) is 0 Å². The number of benzene rings is 1. The van der Waals surface area contributed by atoms with Gasteiger partial charge < -0.3 is 5.11 Å². The second-order valence-electron chi connectivity index (χ2n) is 6.59. The molecule has 0 spiro atoms. The van der Waals surface area contributed by atoms with E-state index in [1.807, 2.05) is 0 Å². The van der Waals surface area contributed by atoms with Crippen LogP contribution in [0.5, 0.6) is 0 Å². The number of aliphatic hydroxyl groups excluding tert-OH is 1. The first kappa shape index (κ1) is 14.6. The average molecular weight is 260 g/mol. The van der Waals surface area contributed by atoms with Crippen molar-refractivity contribution in [2.75, 3.05) is 0 Å². The molecule has 1 atom stereocenters. The molecule has 1 aliphatic carbocycles. The summed E-state index contributed by atoms with van der Waals surface area (Å²) in [6, 6.07) is 8.53. The van der Waals surface area contributed by atoms with Crippen LogP contribution in [0.1, 0.15) is 69.6 Å². The predicted molar refractivity (Wildman–Crippen MR) is 81.1 cm³/mol. The molecule has 0 aliphatic heterocycles. The molecule has 1 aliphatic rings. The van der Waals surface area contributed by atoms with Crippen molar-refractivity contribution >= 4 is 0 Å². The third kappa shape index (κ3) is 4.65. The molecule has 1 unspecified atom stereocenters. The van der Waals surface area contributed by atoms with E-state index >= 15 is 0 Å². The Labute approximate surface area is 118 Å². The van der Waals surface area contributed by atoms with Crippen molar-refractivity contribution in [1.29, 1.82) is 0 Å². The van der Waals surface area contributed by atoms with Crippen LogP contribution in [0.4, 0.5) is 0 Å². The van der Waals surface area contributed by atoms with Crippen LogP contribution >= 0.6 is 0 Å². The lowest BCUT2D eigenvalue weighted by atomic mass is 9.94. The lowest BCUT2D eigenvalue weighted by Gasteiger charge is -2.15. The van der Waals surface area contributed by atoms with E-state index < -0.39 is 0 Å². The molecular weight excluding hydrogens is 232 g/mol. The summed E-state index contributed by atoms with van der Waals surface area (Å²) in [6.45, 7) is 4.48. The lowest BCUT2D eigenvalue weighted by molar-refractivity contribution is 0.157. The normalized spacial score (nSPS) is 18.1. The van der Waals surface area contributed by atoms with Gasteiger partial charge in [0.05, 0.1) is 6.10 Å². The fourth-order valence-corrected chi connectivity index (χ4v) is 3.26. The number of aliphatic hydroxyl groups is 1. The van der Waals surface area contributed by atoms with Crippen molar-refractivity contribution in [3.63, 3.8) is 0 Å². The average Bonchev–Trinajstić information content (AvgIpc) is 2.88. The summed E-state index contributed by atoms with van der Waals surface area (Å²) in [5, 5.41) is 10.3. The minimum absolute atomic E-state index is 0.271. The van der Waals surface area contributed by atoms with Gasteiger partial charge in [-0.25, -0.2) is 0 Å². The van der Waals surface area contributed by atoms with Crippen LogP contribution in [0.2, 0.25) is 0 Å². The van der Waals surface area contributed by atoms with Crippen molar-refractivity contribution in [2.45, 2.75) is 64.9 Å². The van der Waals surface area contributed by atoms with E-state index in [-0.39, 0.29) is 6.10 Å². The van der Waals surface area contributed by atoms with Crippen LogP contribution < -0.4 is 0 Å². The Hall–Kier alpha value is -0.820. The molecule has 1 saturated carbocycles. The first-order chi connectivity index (χ1) is 9.15. The van der Waals surface area contributed by atoms with E-state index in [1.54, 1.807) is 0 Å². The van der Waals surface area contributed by atoms with Crippen molar-refractivity contribution in [2.24, 2.45) is 11.8 Å². The van der Waals surface area contributed by atoms with Gasteiger partial charge in [0.1, 0.15) is 0 Å². The summed E-state index contributed by atoms with van der Waals surface area (Å²) < 4.78 is 0. The summed E-state index contributed by atoms with van der Waals surface area (Å²) in [5.74, 6) is 1.54. The van der Waals surface area contributed by atoms with Crippen molar-refractivity contribution in [3.05, 3.63) is 35.4 Å². The fourth-order valence-electron chi connectivity index (χ4n) is 3.26. The molecular formula is C18H28O. The van der Waals surface area contributed by atoms with Gasteiger partial charge in [0.25, 0.3) is 0 Å². The van der Waals surface area contributed by atoms with E-state index in [0.717, 1.165) is 24.3 Å². The molecule has 0 bridgehead atoms. The summed E-state index contributed by atoms with van der Waals surface area (Å²) in [5.41, 5.74) is 2.46. The van der Waals surface area contributed by atoms with E-state index in [9.17, 15) is 5.11 Å². The molecule has 0 amide bonds. The number of rotatable bonds is 6. The van der Waals surface area contributed by atoms with E-state index in [2.05, 4.69) is 38.1 Å². The maximum Gasteiger partial charge on any atom is 0.0790 e. The number of hydrogen-bond acceptors (Lipinski definition) is 1. The fraction of sp³-hybridized carbons (Fsp3) is 0.667. The van der Waals surface area contributed by atoms with Crippen LogP contribution in [0.25, 0.3) is 0 Å². The lowest BCUT2D eigenvalue weighted by Crippen LogP contribution is -2.03. The molecule has 0 heterocycles. The molecule has 1 N–H and O–H groups in total. The Bertz CT molecular complexity index is 377. The Balaban J connectivity index is 1.88. The van der Waals surface area contributed by atoms with Crippen LogP contribution in [-0.4, -0.2) is 5.11 Å². The number of hydrogen-bond donors (Lipinski definition) is 1. The van der Waals surface area contributed by atoms with Gasteiger partial charge in [-0.1, -0.05) is 63.8 Å². The van der Waals surface area contributed by atoms with Crippen LogP contribution in [0.15, 0.2) is 24.3 Å². The molecule has 0 aromatic heterocycles. The smallest absolute Gasteiger partial charge is 0.0790 e. The topological polar surface area (TPSA) is 20.2 Å². The minimum Gasteiger partial charge on any atom is -0.388 e. The summed E-state index contributed by atoms with van der Waals surface area (Å²) in [7, 11) is 0. The zero-order valence-corrected chi connectivity index (χ0v) is 12.4. The van der Waals surface area contributed by atoms with Gasteiger partial charge in [-0.3, -0.25) is 0 Å². The minimum atomic E-state index is -0.271. The first-order valence-corrected chi connectivity index (χ1v) is 7.92. The molecule has 19 heavy (non-hydrogen) atoms. The molecule has 1 fully saturated rings. The highest BCUT2D eigenvalue weighted by Gasteiger charge is 2.17. The largest absolute Gasteiger partial charge is 0.388 e. The van der Waals surface area contributed by atoms with Gasteiger partial charge >= 0.3 is 0 Å². The maximum atomic E-state index is 10.3. The zero-order valence-electron chi connectivity index (χ0n) is 12.4. The van der Waals surface area contributed by atoms with E-state index in [4.69, 9.17) is 0 Å². The zero-order chi connectivity index (χ0) is 13.7. The van der Waals surface area contributed by atoms with Crippen molar-refractivity contribution in [1.82, 2.24) is 0 Å². The Kier molecular flexibility index (Phi) is 5.45. The molecule has 106 valence electrons. The third-order valence-corrected chi connectivity index (χ3v) is 4.30. The predicted octanol–water partition coefficient (Wildman–Crippen LogP) is 4.89. The summed E-state index contributed by atoms with van der Waals surface area (Å²) in [4.78, 5) is 0. The molecule has 2 rings (SSSR count). The van der Waals surface area contributed by atoms with Gasteiger partial charge in [-0.2, -0.15) is 0 Å². The molecule has 0 radical (unpaired) electrons.